The summed E-state index contributed by atoms with van der Waals surface area (Å²) in [6.07, 6.45) is 12.3. The fourth-order valence-corrected chi connectivity index (χ4v) is 6.58. The molecule has 1 aliphatic carbocycles. The van der Waals surface area contributed by atoms with E-state index >= 15 is 0 Å². The van der Waals surface area contributed by atoms with Crippen molar-refractivity contribution in [2.24, 2.45) is 5.92 Å². The van der Waals surface area contributed by atoms with Crippen LogP contribution in [-0.4, -0.2) is 78.5 Å². The van der Waals surface area contributed by atoms with Crippen molar-refractivity contribution < 1.29 is 38.2 Å². The van der Waals surface area contributed by atoms with Crippen LogP contribution >= 0.6 is 0 Å². The van der Waals surface area contributed by atoms with Crippen molar-refractivity contribution in [1.82, 2.24) is 26.6 Å². The molecule has 1 saturated carbocycles. The first-order valence-electron chi connectivity index (χ1n) is 21.7. The van der Waals surface area contributed by atoms with E-state index in [-0.39, 0.29) is 24.8 Å². The Morgan fingerprint density at radius 2 is 1.22 bits per heavy atom. The van der Waals surface area contributed by atoms with Gasteiger partial charge in [0.05, 0.1) is 12.2 Å². The number of benzene rings is 1. The van der Waals surface area contributed by atoms with Crippen LogP contribution in [-0.2, 0) is 41.6 Å². The van der Waals surface area contributed by atoms with Crippen molar-refractivity contribution in [2.75, 3.05) is 19.7 Å². The van der Waals surface area contributed by atoms with E-state index < -0.39 is 47.0 Å². The quantitative estimate of drug-likeness (QED) is 0.0697. The van der Waals surface area contributed by atoms with Crippen LogP contribution in [0.4, 0.5) is 9.59 Å². The Balaban J connectivity index is 1.88. The van der Waals surface area contributed by atoms with Crippen molar-refractivity contribution in [3.05, 3.63) is 35.4 Å². The summed E-state index contributed by atoms with van der Waals surface area (Å²) in [5.41, 5.74) is 0.522. The summed E-state index contributed by atoms with van der Waals surface area (Å²) in [6, 6.07) is 6.37. The van der Waals surface area contributed by atoms with E-state index in [1.807, 2.05) is 53.7 Å². The Morgan fingerprint density at radius 1 is 0.621 bits per heavy atom. The molecule has 0 bridgehead atoms. The second-order valence-corrected chi connectivity index (χ2v) is 18.7. The van der Waals surface area contributed by atoms with Crippen LogP contribution in [0.3, 0.4) is 0 Å². The number of carbonyl (C=O) groups excluding carboxylic acids is 5. The number of unbranched alkanes of at least 4 members (excludes halogenated alkanes) is 4. The highest BCUT2D eigenvalue weighted by Gasteiger charge is 2.28. The van der Waals surface area contributed by atoms with E-state index in [1.165, 1.54) is 37.7 Å². The Labute approximate surface area is 349 Å². The number of alkyl carbamates (subject to hydrolysis) is 2. The molecule has 5 N–H and O–H groups in total. The highest BCUT2D eigenvalue weighted by Crippen LogP contribution is 2.25. The maximum absolute atomic E-state index is 13.7. The number of aryl methyl sites for hydroxylation is 1. The van der Waals surface area contributed by atoms with Gasteiger partial charge in [-0.15, -0.1) is 0 Å². The van der Waals surface area contributed by atoms with Gasteiger partial charge in [0.1, 0.15) is 23.3 Å². The molecule has 1 fully saturated rings. The molecule has 0 aliphatic heterocycles. The largest absolute Gasteiger partial charge is 0.444 e. The monoisotopic (exact) mass is 816 g/mol. The fourth-order valence-electron chi connectivity index (χ4n) is 6.58. The van der Waals surface area contributed by atoms with Crippen LogP contribution in [0.1, 0.15) is 163 Å². The first-order valence-corrected chi connectivity index (χ1v) is 21.7. The summed E-state index contributed by atoms with van der Waals surface area (Å²) in [5, 5.41) is 14.4. The van der Waals surface area contributed by atoms with Gasteiger partial charge in [-0.05, 0) is 124 Å². The van der Waals surface area contributed by atoms with E-state index in [1.54, 1.807) is 20.8 Å². The molecule has 1 aliphatic rings. The van der Waals surface area contributed by atoms with Gasteiger partial charge in [-0.2, -0.15) is 0 Å². The van der Waals surface area contributed by atoms with Crippen LogP contribution < -0.4 is 26.6 Å². The smallest absolute Gasteiger partial charge is 0.407 e. The molecule has 2 atom stereocenters. The zero-order valence-corrected chi connectivity index (χ0v) is 37.2. The standard InChI is InChI=1S/C45H77N5O8/c1-43(2,3)56-32-37(49-38(51)23-16-11-10-13-21-34-24-26-35(27-25-34)31-48-42(55)58-45(7,8)9)40(53)50-36(22-17-18-29-47-41(54)57-44(4,5)6)39(52)46-30-28-33-19-14-12-15-20-33/h24-27,33,36-37H,10-23,28-32H2,1-9H3,(H,46,52)(H,47,54)(H,48,55)(H,49,51)(H,50,53)/t36-,37-/m0/s1. The van der Waals surface area contributed by atoms with Gasteiger partial charge < -0.3 is 40.8 Å². The molecule has 5 amide bonds. The topological polar surface area (TPSA) is 173 Å². The van der Waals surface area contributed by atoms with E-state index in [2.05, 4.69) is 38.7 Å². The molecule has 58 heavy (non-hydrogen) atoms. The molecule has 0 aromatic heterocycles. The number of hydrogen-bond acceptors (Lipinski definition) is 8. The minimum Gasteiger partial charge on any atom is -0.444 e. The van der Waals surface area contributed by atoms with Crippen molar-refractivity contribution in [2.45, 2.75) is 194 Å². The lowest BCUT2D eigenvalue weighted by Crippen LogP contribution is -2.55. The molecule has 330 valence electrons. The molecule has 0 unspecified atom stereocenters. The lowest BCUT2D eigenvalue weighted by atomic mass is 9.87. The SMILES string of the molecule is CC(C)(C)OC[C@H](NC(=O)CCCCCCc1ccc(CNC(=O)OC(C)(C)C)cc1)C(=O)N[C@@H](CCCCNC(=O)OC(C)(C)C)C(=O)NCCC1CCCCC1. The van der Waals surface area contributed by atoms with Gasteiger partial charge in [0.2, 0.25) is 17.7 Å². The fraction of sp³-hybridized carbons (Fsp3) is 0.756. The summed E-state index contributed by atoms with van der Waals surface area (Å²) >= 11 is 0. The van der Waals surface area contributed by atoms with Crippen LogP contribution in [0.15, 0.2) is 24.3 Å². The van der Waals surface area contributed by atoms with E-state index in [0.717, 1.165) is 37.7 Å². The Kier molecular flexibility index (Phi) is 22.2. The minimum absolute atomic E-state index is 0.0350. The van der Waals surface area contributed by atoms with Crippen molar-refractivity contribution in [3.63, 3.8) is 0 Å². The predicted molar refractivity (Wildman–Crippen MR) is 228 cm³/mol. The average molecular weight is 816 g/mol. The zero-order valence-electron chi connectivity index (χ0n) is 37.2. The van der Waals surface area contributed by atoms with Crippen molar-refractivity contribution in [3.8, 4) is 0 Å². The molecule has 1 aromatic rings. The summed E-state index contributed by atoms with van der Waals surface area (Å²) in [6.45, 7) is 17.8. The van der Waals surface area contributed by atoms with Crippen LogP contribution in [0.2, 0.25) is 0 Å². The third kappa shape index (κ3) is 24.8. The minimum atomic E-state index is -0.972. The maximum atomic E-state index is 13.7. The number of rotatable bonds is 23. The zero-order chi connectivity index (χ0) is 43.2. The first kappa shape index (κ1) is 50.3. The number of nitrogens with one attached hydrogen (secondary N) is 5. The molecule has 1 aromatic carbocycles. The summed E-state index contributed by atoms with van der Waals surface area (Å²) in [5.74, 6) is -0.356. The number of ether oxygens (including phenoxy) is 3. The Hall–Kier alpha value is -3.87. The van der Waals surface area contributed by atoms with E-state index in [0.29, 0.717) is 51.2 Å². The first-order chi connectivity index (χ1) is 27.2. The van der Waals surface area contributed by atoms with Gasteiger partial charge >= 0.3 is 12.2 Å². The molecule has 13 nitrogen and oxygen atoms in total. The Morgan fingerprint density at radius 3 is 1.84 bits per heavy atom. The molecular formula is C45H77N5O8. The second-order valence-electron chi connectivity index (χ2n) is 18.7. The van der Waals surface area contributed by atoms with Crippen LogP contribution in [0.25, 0.3) is 0 Å². The average Bonchev–Trinajstić information content (AvgIpc) is 3.12. The molecular weight excluding hydrogens is 739 g/mol. The number of carbonyl (C=O) groups is 5. The lowest BCUT2D eigenvalue weighted by Gasteiger charge is -2.27. The highest BCUT2D eigenvalue weighted by atomic mass is 16.6. The van der Waals surface area contributed by atoms with Crippen LogP contribution in [0, 0.1) is 5.92 Å². The summed E-state index contributed by atoms with van der Waals surface area (Å²) in [7, 11) is 0. The second kappa shape index (κ2) is 25.6. The third-order valence-electron chi connectivity index (χ3n) is 9.61. The molecule has 0 saturated heterocycles. The molecule has 13 heteroatoms. The van der Waals surface area contributed by atoms with Gasteiger partial charge in [0.15, 0.2) is 0 Å². The maximum Gasteiger partial charge on any atom is 0.407 e. The Bertz CT molecular complexity index is 1390. The molecule has 0 radical (unpaired) electrons. The van der Waals surface area contributed by atoms with Gasteiger partial charge in [-0.25, -0.2) is 9.59 Å². The third-order valence-corrected chi connectivity index (χ3v) is 9.61. The normalized spacial score (nSPS) is 14.8. The number of amides is 5. The van der Waals surface area contributed by atoms with E-state index in [4.69, 9.17) is 14.2 Å². The van der Waals surface area contributed by atoms with Gasteiger partial charge in [-0.3, -0.25) is 14.4 Å². The molecule has 2 rings (SSSR count). The summed E-state index contributed by atoms with van der Waals surface area (Å²) in [4.78, 5) is 64.4. The van der Waals surface area contributed by atoms with Gasteiger partial charge in [0, 0.05) is 26.1 Å². The highest BCUT2D eigenvalue weighted by molar-refractivity contribution is 5.92. The van der Waals surface area contributed by atoms with Crippen LogP contribution in [0.5, 0.6) is 0 Å². The molecule has 0 spiro atoms. The predicted octanol–water partition coefficient (Wildman–Crippen LogP) is 7.77. The van der Waals surface area contributed by atoms with Crippen molar-refractivity contribution in [1.29, 1.82) is 0 Å². The van der Waals surface area contributed by atoms with E-state index in [9.17, 15) is 24.0 Å². The van der Waals surface area contributed by atoms with Gasteiger partial charge in [0.25, 0.3) is 0 Å². The number of hydrogen-bond donors (Lipinski definition) is 5. The van der Waals surface area contributed by atoms with Gasteiger partial charge in [-0.1, -0.05) is 69.2 Å². The van der Waals surface area contributed by atoms with Crippen molar-refractivity contribution >= 4 is 29.9 Å². The lowest BCUT2D eigenvalue weighted by molar-refractivity contribution is -0.135. The molecule has 0 heterocycles. The summed E-state index contributed by atoms with van der Waals surface area (Å²) < 4.78 is 16.6.